The average molecular weight is 487 g/mol. The van der Waals surface area contributed by atoms with Crippen molar-refractivity contribution in [3.05, 3.63) is 145 Å². The number of hydrogen-bond acceptors (Lipinski definition) is 2. The fraction of sp³-hybridized carbons (Fsp3) is 0.0556. The molecule has 0 fully saturated rings. The van der Waals surface area contributed by atoms with Crippen LogP contribution in [0.15, 0.2) is 139 Å². The lowest BCUT2D eigenvalue weighted by molar-refractivity contribution is 0.630. The van der Waals surface area contributed by atoms with Crippen LogP contribution >= 0.6 is 0 Å². The van der Waals surface area contributed by atoms with E-state index < -0.39 is 0 Å². The molecule has 0 radical (unpaired) electrons. The fourth-order valence-corrected chi connectivity index (χ4v) is 6.43. The maximum absolute atomic E-state index is 3.78. The molecular weight excluding hydrogens is 460 g/mol. The smallest absolute Gasteiger partial charge is 0.0843 e. The quantitative estimate of drug-likeness (QED) is 0.262. The third-order valence-electron chi connectivity index (χ3n) is 8.15. The van der Waals surface area contributed by atoms with Gasteiger partial charge in [0.2, 0.25) is 0 Å². The fourth-order valence-electron chi connectivity index (χ4n) is 6.43. The van der Waals surface area contributed by atoms with E-state index in [1.54, 1.807) is 0 Å². The summed E-state index contributed by atoms with van der Waals surface area (Å²) >= 11 is 0. The second-order valence-electron chi connectivity index (χ2n) is 10.2. The van der Waals surface area contributed by atoms with Gasteiger partial charge in [0.1, 0.15) is 0 Å². The van der Waals surface area contributed by atoms with Crippen molar-refractivity contribution in [2.45, 2.75) is 12.1 Å². The second-order valence-corrected chi connectivity index (χ2v) is 10.2. The first-order valence-electron chi connectivity index (χ1n) is 13.3. The molecule has 2 aliphatic heterocycles. The largest absolute Gasteiger partial charge is 0.379 e. The normalized spacial score (nSPS) is 18.8. The molecule has 38 heavy (non-hydrogen) atoms. The number of dihydropyridines is 2. The highest BCUT2D eigenvalue weighted by molar-refractivity contribution is 6.20. The monoisotopic (exact) mass is 486 g/mol. The Hall–Kier alpha value is -4.82. The average Bonchev–Trinajstić information content (AvgIpc) is 3.33. The molecule has 180 valence electrons. The van der Waals surface area contributed by atoms with E-state index in [1.165, 1.54) is 66.2 Å². The predicted octanol–water partition coefficient (Wildman–Crippen LogP) is 8.43. The van der Waals surface area contributed by atoms with Gasteiger partial charge in [0.15, 0.2) is 0 Å². The number of hydrogen-bond donors (Lipinski definition) is 2. The highest BCUT2D eigenvalue weighted by Crippen LogP contribution is 2.49. The summed E-state index contributed by atoms with van der Waals surface area (Å²) in [6.07, 6.45) is 14.9. The minimum atomic E-state index is 0.109. The third-order valence-corrected chi connectivity index (χ3v) is 8.15. The maximum Gasteiger partial charge on any atom is 0.0843 e. The Morgan fingerprint density at radius 3 is 1.97 bits per heavy atom. The molecule has 3 aliphatic rings. The molecule has 8 rings (SSSR count). The van der Waals surface area contributed by atoms with Crippen LogP contribution in [0, 0.1) is 0 Å². The Balaban J connectivity index is 1.26. The van der Waals surface area contributed by atoms with E-state index in [0.717, 1.165) is 0 Å². The summed E-state index contributed by atoms with van der Waals surface area (Å²) in [5.74, 6) is 0. The molecule has 2 heteroatoms. The lowest BCUT2D eigenvalue weighted by Gasteiger charge is -2.28. The van der Waals surface area contributed by atoms with Crippen LogP contribution in [0.2, 0.25) is 0 Å². The van der Waals surface area contributed by atoms with Crippen molar-refractivity contribution >= 4 is 21.5 Å². The van der Waals surface area contributed by atoms with Crippen LogP contribution in [0.5, 0.6) is 0 Å². The molecular formula is C36H26N2. The summed E-state index contributed by atoms with van der Waals surface area (Å²) in [6.45, 7) is 0. The summed E-state index contributed by atoms with van der Waals surface area (Å²) in [6, 6.07) is 33.9. The molecule has 5 aromatic rings. The molecule has 0 saturated carbocycles. The zero-order valence-electron chi connectivity index (χ0n) is 20.9. The molecule has 0 bridgehead atoms. The van der Waals surface area contributed by atoms with Gasteiger partial charge in [-0.1, -0.05) is 115 Å². The van der Waals surface area contributed by atoms with Crippen molar-refractivity contribution in [1.82, 2.24) is 10.6 Å². The summed E-state index contributed by atoms with van der Waals surface area (Å²) in [5.41, 5.74) is 10.4. The SMILES string of the molecule is C1=CNC(C2=CC=CC(c3ccc(-c4ccc5c6c(cccc46)-c4ccccc4-5)c4ccccc34)N2)C=C1. The Morgan fingerprint density at radius 2 is 1.13 bits per heavy atom. The zero-order valence-corrected chi connectivity index (χ0v) is 20.9. The first-order valence-corrected chi connectivity index (χ1v) is 13.3. The van der Waals surface area contributed by atoms with E-state index in [4.69, 9.17) is 0 Å². The summed E-state index contributed by atoms with van der Waals surface area (Å²) in [5, 5.41) is 12.5. The lowest BCUT2D eigenvalue weighted by atomic mass is 9.88. The van der Waals surface area contributed by atoms with Crippen molar-refractivity contribution in [3.8, 4) is 33.4 Å². The van der Waals surface area contributed by atoms with Crippen molar-refractivity contribution in [2.24, 2.45) is 0 Å². The predicted molar refractivity (Wildman–Crippen MR) is 160 cm³/mol. The molecule has 2 N–H and O–H groups in total. The summed E-state index contributed by atoms with van der Waals surface area (Å²) in [4.78, 5) is 0. The van der Waals surface area contributed by atoms with E-state index >= 15 is 0 Å². The van der Waals surface area contributed by atoms with Gasteiger partial charge in [-0.2, -0.15) is 0 Å². The zero-order chi connectivity index (χ0) is 25.1. The van der Waals surface area contributed by atoms with Gasteiger partial charge >= 0.3 is 0 Å². The van der Waals surface area contributed by atoms with E-state index in [-0.39, 0.29) is 12.1 Å². The molecule has 5 aromatic carbocycles. The van der Waals surface area contributed by atoms with Crippen molar-refractivity contribution in [3.63, 3.8) is 0 Å². The van der Waals surface area contributed by atoms with Gasteiger partial charge in [0.05, 0.1) is 12.1 Å². The molecule has 0 aromatic heterocycles. The van der Waals surface area contributed by atoms with Crippen molar-refractivity contribution in [1.29, 1.82) is 0 Å². The van der Waals surface area contributed by atoms with Crippen LogP contribution in [0.4, 0.5) is 0 Å². The van der Waals surface area contributed by atoms with Gasteiger partial charge < -0.3 is 10.6 Å². The molecule has 2 unspecified atom stereocenters. The van der Waals surface area contributed by atoms with Crippen LogP contribution in [-0.2, 0) is 0 Å². The summed E-state index contributed by atoms with van der Waals surface area (Å²) in [7, 11) is 0. The first kappa shape index (κ1) is 21.3. The van der Waals surface area contributed by atoms with E-state index in [1.807, 2.05) is 12.3 Å². The molecule has 0 amide bonds. The number of allylic oxidation sites excluding steroid dienone is 4. The van der Waals surface area contributed by atoms with Crippen molar-refractivity contribution < 1.29 is 0 Å². The third kappa shape index (κ3) is 3.13. The number of rotatable bonds is 3. The molecule has 2 atom stereocenters. The van der Waals surface area contributed by atoms with Crippen LogP contribution < -0.4 is 10.6 Å². The van der Waals surface area contributed by atoms with Gasteiger partial charge in [0, 0.05) is 5.70 Å². The lowest BCUT2D eigenvalue weighted by Crippen LogP contribution is -2.35. The maximum atomic E-state index is 3.78. The molecule has 2 heterocycles. The molecule has 0 spiro atoms. The molecule has 1 aliphatic carbocycles. The second kappa shape index (κ2) is 8.36. The Labute approximate surface area is 222 Å². The van der Waals surface area contributed by atoms with Crippen molar-refractivity contribution in [2.75, 3.05) is 0 Å². The van der Waals surface area contributed by atoms with Crippen LogP contribution in [0.25, 0.3) is 54.9 Å². The number of fused-ring (bicyclic) bond motifs is 4. The van der Waals surface area contributed by atoms with Gasteiger partial charge in [-0.05, 0) is 78.8 Å². The van der Waals surface area contributed by atoms with Gasteiger partial charge in [-0.3, -0.25) is 0 Å². The Bertz CT molecular complexity index is 1860. The summed E-state index contributed by atoms with van der Waals surface area (Å²) < 4.78 is 0. The highest BCUT2D eigenvalue weighted by atomic mass is 15.0. The topological polar surface area (TPSA) is 24.1 Å². The minimum Gasteiger partial charge on any atom is -0.379 e. The van der Waals surface area contributed by atoms with Gasteiger partial charge in [-0.25, -0.2) is 0 Å². The van der Waals surface area contributed by atoms with Gasteiger partial charge in [-0.15, -0.1) is 0 Å². The highest BCUT2D eigenvalue weighted by Gasteiger charge is 2.24. The van der Waals surface area contributed by atoms with E-state index in [0.29, 0.717) is 0 Å². The van der Waals surface area contributed by atoms with Gasteiger partial charge in [0.25, 0.3) is 0 Å². The van der Waals surface area contributed by atoms with Crippen LogP contribution in [0.1, 0.15) is 11.6 Å². The Kier molecular flexibility index (Phi) is 4.68. The molecule has 0 saturated heterocycles. The van der Waals surface area contributed by atoms with E-state index in [2.05, 4.69) is 132 Å². The minimum absolute atomic E-state index is 0.109. The standard InChI is InChI=1S/C36H26N2/c1-2-10-24-23(9-1)27(18-20-29(24)33-16-8-17-35(38-33)34-15-5-6-22-37-34)28-19-21-32-26-12-4-3-11-25(26)30-13-7-14-31(28)36(30)32/h1-22,33-34,37-38H. The van der Waals surface area contributed by atoms with E-state index in [9.17, 15) is 0 Å². The molecule has 2 nitrogen and oxygen atoms in total. The number of benzene rings is 5. The Morgan fingerprint density at radius 1 is 0.474 bits per heavy atom. The van der Waals surface area contributed by atoms with Crippen LogP contribution in [-0.4, -0.2) is 6.04 Å². The van der Waals surface area contributed by atoms with Crippen LogP contribution in [0.3, 0.4) is 0 Å². The first-order chi connectivity index (χ1) is 18.9. The number of nitrogens with one attached hydrogen (secondary N) is 2.